The molecule has 13 rings (SSSR count). The first-order valence-corrected chi connectivity index (χ1v) is 22.7. The van der Waals surface area contributed by atoms with E-state index in [9.17, 15) is 0 Å². The van der Waals surface area contributed by atoms with E-state index in [2.05, 4.69) is 215 Å². The highest BCUT2D eigenvalue weighted by Gasteiger charge is 2.21. The van der Waals surface area contributed by atoms with E-state index in [0.29, 0.717) is 5.82 Å². The molecule has 6 heteroatoms. The minimum Gasteiger partial charge on any atom is -0.309 e. The van der Waals surface area contributed by atoms with Crippen molar-refractivity contribution in [1.82, 2.24) is 24.1 Å². The number of aromatic nitrogens is 5. The highest BCUT2D eigenvalue weighted by atomic mass is 32.1. The zero-order chi connectivity index (χ0) is 42.8. The van der Waals surface area contributed by atoms with Crippen LogP contribution in [0.5, 0.6) is 0 Å². The van der Waals surface area contributed by atoms with Crippen molar-refractivity contribution in [2.45, 2.75) is 0 Å². The Kier molecular flexibility index (Phi) is 8.64. The monoisotopic (exact) mass is 847 g/mol. The lowest BCUT2D eigenvalue weighted by Crippen LogP contribution is -2.00. The van der Waals surface area contributed by atoms with Crippen LogP contribution in [0, 0.1) is 0 Å². The van der Waals surface area contributed by atoms with E-state index in [0.717, 1.165) is 84.0 Å². The van der Waals surface area contributed by atoms with Crippen LogP contribution in [0.2, 0.25) is 0 Å². The molecule has 0 saturated carbocycles. The molecule has 0 saturated heterocycles. The topological polar surface area (TPSA) is 48.5 Å². The van der Waals surface area contributed by atoms with Crippen LogP contribution in [0.15, 0.2) is 224 Å². The van der Waals surface area contributed by atoms with Gasteiger partial charge in [-0.05, 0) is 83.9 Å². The van der Waals surface area contributed by atoms with Gasteiger partial charge in [0.1, 0.15) is 5.82 Å². The first-order chi connectivity index (χ1) is 32.2. The number of thiophene rings is 1. The lowest BCUT2D eigenvalue weighted by Gasteiger charge is -2.14. The number of imidazole rings is 1. The van der Waals surface area contributed by atoms with E-state index < -0.39 is 0 Å². The van der Waals surface area contributed by atoms with Gasteiger partial charge in [-0.3, -0.25) is 4.57 Å². The molecule has 5 nitrogen and oxygen atoms in total. The molecule has 0 unspecified atom stereocenters. The Balaban J connectivity index is 0.999. The fourth-order valence-electron chi connectivity index (χ4n) is 9.55. The fourth-order valence-corrected chi connectivity index (χ4v) is 10.7. The Morgan fingerprint density at radius 2 is 0.938 bits per heavy atom. The SMILES string of the molecule is c1ccc(-c2cc(-c3ccccc3)nc(-c3cc(-c4ccc5c(c4)c4ccccc4n5-c4cccc(-n5c(-c6ccccc6)nc6ccccc65)c4)cc4sc5ccccc5c34)n2)cc1. The van der Waals surface area contributed by atoms with Crippen LogP contribution in [0.3, 0.4) is 0 Å². The Morgan fingerprint density at radius 3 is 1.68 bits per heavy atom. The van der Waals surface area contributed by atoms with Crippen LogP contribution in [0.25, 0.3) is 121 Å². The van der Waals surface area contributed by atoms with Crippen LogP contribution >= 0.6 is 11.3 Å². The smallest absolute Gasteiger partial charge is 0.161 e. The van der Waals surface area contributed by atoms with Crippen molar-refractivity contribution >= 4 is 64.3 Å². The van der Waals surface area contributed by atoms with Crippen molar-refractivity contribution in [2.24, 2.45) is 0 Å². The zero-order valence-electron chi connectivity index (χ0n) is 35.0. The van der Waals surface area contributed by atoms with E-state index in [4.69, 9.17) is 15.0 Å². The summed E-state index contributed by atoms with van der Waals surface area (Å²) in [7, 11) is 0. The molecule has 304 valence electrons. The molecule has 65 heavy (non-hydrogen) atoms. The van der Waals surface area contributed by atoms with Gasteiger partial charge in [0.15, 0.2) is 5.82 Å². The minimum atomic E-state index is 0.708. The third-order valence-electron chi connectivity index (χ3n) is 12.5. The standard InChI is InChI=1S/C59H37N5S/c1-4-17-38(18-5-1)50-37-51(39-19-6-2-7-20-39)61-58(60-50)48-34-42(35-56-57(48)46-26-11-15-30-55(46)65-56)41-31-32-53-47(33-41)45-25-10-13-28-52(45)63(53)43-23-16-24-44(36-43)64-54-29-14-12-27-49(54)62-59(64)40-21-8-3-9-22-40/h1-37H. The summed E-state index contributed by atoms with van der Waals surface area (Å²) in [5.74, 6) is 1.62. The number of fused-ring (bicyclic) bond motifs is 7. The van der Waals surface area contributed by atoms with Crippen molar-refractivity contribution in [3.8, 4) is 67.8 Å². The Morgan fingerprint density at radius 1 is 0.338 bits per heavy atom. The average molecular weight is 848 g/mol. The number of nitrogens with zero attached hydrogens (tertiary/aromatic N) is 5. The van der Waals surface area contributed by atoms with Gasteiger partial charge in [0.2, 0.25) is 0 Å². The number of hydrogen-bond donors (Lipinski definition) is 0. The molecule has 0 spiro atoms. The van der Waals surface area contributed by atoms with Crippen LogP contribution < -0.4 is 0 Å². The van der Waals surface area contributed by atoms with Crippen molar-refractivity contribution in [3.63, 3.8) is 0 Å². The van der Waals surface area contributed by atoms with Gasteiger partial charge in [0.05, 0.1) is 33.5 Å². The minimum absolute atomic E-state index is 0.708. The number of benzene rings is 9. The van der Waals surface area contributed by atoms with Gasteiger partial charge >= 0.3 is 0 Å². The maximum absolute atomic E-state index is 5.35. The van der Waals surface area contributed by atoms with Gasteiger partial charge in [-0.25, -0.2) is 15.0 Å². The largest absolute Gasteiger partial charge is 0.309 e. The summed E-state index contributed by atoms with van der Waals surface area (Å²) < 4.78 is 7.12. The van der Waals surface area contributed by atoms with Crippen molar-refractivity contribution in [1.29, 1.82) is 0 Å². The molecule has 0 radical (unpaired) electrons. The molecule has 0 aliphatic carbocycles. The van der Waals surface area contributed by atoms with Crippen LogP contribution in [0.4, 0.5) is 0 Å². The van der Waals surface area contributed by atoms with Crippen molar-refractivity contribution < 1.29 is 0 Å². The van der Waals surface area contributed by atoms with Crippen molar-refractivity contribution in [3.05, 3.63) is 224 Å². The highest BCUT2D eigenvalue weighted by molar-refractivity contribution is 7.26. The predicted molar refractivity (Wildman–Crippen MR) is 271 cm³/mol. The molecule has 0 aliphatic heterocycles. The summed E-state index contributed by atoms with van der Waals surface area (Å²) in [5, 5.41) is 4.78. The summed E-state index contributed by atoms with van der Waals surface area (Å²) in [6.45, 7) is 0. The quantitative estimate of drug-likeness (QED) is 0.161. The van der Waals surface area contributed by atoms with E-state index in [1.807, 2.05) is 29.5 Å². The van der Waals surface area contributed by atoms with Gasteiger partial charge in [0.25, 0.3) is 0 Å². The van der Waals surface area contributed by atoms with Gasteiger partial charge in [-0.2, -0.15) is 0 Å². The molecule has 0 atom stereocenters. The van der Waals surface area contributed by atoms with E-state index in [1.165, 1.54) is 30.9 Å². The molecule has 0 fully saturated rings. The number of para-hydroxylation sites is 3. The molecule has 4 aromatic heterocycles. The third kappa shape index (κ3) is 6.26. The second-order valence-electron chi connectivity index (χ2n) is 16.4. The van der Waals surface area contributed by atoms with E-state index >= 15 is 0 Å². The average Bonchev–Trinajstić information content (AvgIpc) is 4.07. The lowest BCUT2D eigenvalue weighted by atomic mass is 9.97. The molecule has 0 amide bonds. The zero-order valence-corrected chi connectivity index (χ0v) is 35.8. The normalized spacial score (nSPS) is 11.7. The Hall–Kier alpha value is -8.45. The number of hydrogen-bond acceptors (Lipinski definition) is 4. The molecular formula is C59H37N5S. The van der Waals surface area contributed by atoms with Crippen molar-refractivity contribution in [2.75, 3.05) is 0 Å². The van der Waals surface area contributed by atoms with Gasteiger partial charge < -0.3 is 4.57 Å². The summed E-state index contributed by atoms with van der Waals surface area (Å²) >= 11 is 1.82. The maximum atomic E-state index is 5.35. The molecule has 13 aromatic rings. The van der Waals surface area contributed by atoms with Gasteiger partial charge in [0, 0.05) is 64.6 Å². The summed E-state index contributed by atoms with van der Waals surface area (Å²) in [4.78, 5) is 15.8. The molecule has 0 bridgehead atoms. The summed E-state index contributed by atoms with van der Waals surface area (Å²) in [6, 6.07) is 79.6. The highest BCUT2D eigenvalue weighted by Crippen LogP contribution is 2.44. The second-order valence-corrected chi connectivity index (χ2v) is 17.5. The second kappa shape index (κ2) is 15.1. The Bertz CT molecular complexity index is 3880. The fraction of sp³-hybridized carbons (Fsp3) is 0. The first-order valence-electron chi connectivity index (χ1n) is 21.8. The third-order valence-corrected chi connectivity index (χ3v) is 13.6. The Labute approximate surface area is 378 Å². The molecule has 0 aliphatic rings. The van der Waals surface area contributed by atoms with Gasteiger partial charge in [-0.1, -0.05) is 152 Å². The van der Waals surface area contributed by atoms with E-state index in [-0.39, 0.29) is 0 Å². The predicted octanol–water partition coefficient (Wildman–Crippen LogP) is 15.6. The summed E-state index contributed by atoms with van der Waals surface area (Å²) in [6.07, 6.45) is 0. The molecule has 4 heterocycles. The molecule has 0 N–H and O–H groups in total. The number of rotatable bonds is 7. The molecular weight excluding hydrogens is 811 g/mol. The first kappa shape index (κ1) is 37.1. The maximum Gasteiger partial charge on any atom is 0.161 e. The summed E-state index contributed by atoms with van der Waals surface area (Å²) in [5.41, 5.74) is 14.7. The van der Waals surface area contributed by atoms with Gasteiger partial charge in [-0.15, -0.1) is 11.3 Å². The van der Waals surface area contributed by atoms with Crippen LogP contribution in [-0.4, -0.2) is 24.1 Å². The lowest BCUT2D eigenvalue weighted by molar-refractivity contribution is 1.09. The van der Waals surface area contributed by atoms with E-state index in [1.54, 1.807) is 0 Å². The molecule has 9 aromatic carbocycles. The van der Waals surface area contributed by atoms with Crippen LogP contribution in [0.1, 0.15) is 0 Å². The van der Waals surface area contributed by atoms with Crippen LogP contribution in [-0.2, 0) is 0 Å².